The van der Waals surface area contributed by atoms with Gasteiger partial charge in [-0.05, 0) is 0 Å². The van der Waals surface area contributed by atoms with Gasteiger partial charge in [0.2, 0.25) is 0 Å². The molecule has 3 nitrogen and oxygen atoms in total. The van der Waals surface area contributed by atoms with Crippen molar-refractivity contribution in [2.75, 3.05) is 13.1 Å². The summed E-state index contributed by atoms with van der Waals surface area (Å²) in [6, 6.07) is 0. The molecule has 0 aliphatic carbocycles. The van der Waals surface area contributed by atoms with Gasteiger partial charge < -0.3 is 0 Å². The Bertz CT molecular complexity index is 402. The Hall–Kier alpha value is -0.950. The summed E-state index contributed by atoms with van der Waals surface area (Å²) in [6.45, 7) is -0.324. The lowest BCUT2D eigenvalue weighted by Gasteiger charge is -2.26. The lowest BCUT2D eigenvalue weighted by Crippen LogP contribution is -2.37. The molecule has 0 atom stereocenters. The second kappa shape index (κ2) is 4.14. The molecule has 88 valence electrons. The third-order valence-corrected chi connectivity index (χ3v) is 3.34. The van der Waals surface area contributed by atoms with Crippen LogP contribution in [0.3, 0.4) is 0 Å². The van der Waals surface area contributed by atoms with Gasteiger partial charge in [0, 0.05) is 24.4 Å². The van der Waals surface area contributed by atoms with E-state index in [1.165, 1.54) is 16.2 Å². The summed E-state index contributed by atoms with van der Waals surface area (Å²) in [6.07, 6.45) is -3.05. The molecule has 0 amide bonds. The molecule has 0 N–H and O–H groups in total. The number of carbonyl (C=O) groups is 1. The number of thiazole rings is 1. The number of hydrogen-bond acceptors (Lipinski definition) is 4. The largest absolute Gasteiger partial charge is 0.401 e. The van der Waals surface area contributed by atoms with Crippen molar-refractivity contribution >= 4 is 17.6 Å². The highest BCUT2D eigenvalue weighted by Crippen LogP contribution is 2.26. The monoisotopic (exact) mass is 250 g/mol. The van der Waals surface area contributed by atoms with Gasteiger partial charge in [-0.15, -0.1) is 11.3 Å². The van der Waals surface area contributed by atoms with Crippen molar-refractivity contribution in [1.82, 2.24) is 9.88 Å². The first-order chi connectivity index (χ1) is 7.48. The van der Waals surface area contributed by atoms with Crippen LogP contribution in [0.15, 0.2) is 0 Å². The number of aromatic nitrogens is 1. The van der Waals surface area contributed by atoms with Crippen LogP contribution in [0.5, 0.6) is 0 Å². The van der Waals surface area contributed by atoms with Crippen LogP contribution >= 0.6 is 11.3 Å². The Morgan fingerprint density at radius 3 is 2.88 bits per heavy atom. The topological polar surface area (TPSA) is 33.2 Å². The molecule has 2 rings (SSSR count). The number of carbonyl (C=O) groups excluding carboxylic acids is 1. The molecule has 0 saturated heterocycles. The quantitative estimate of drug-likeness (QED) is 0.751. The highest BCUT2D eigenvalue weighted by molar-refractivity contribution is 7.13. The first-order valence-corrected chi connectivity index (χ1v) is 5.52. The maximum atomic E-state index is 12.2. The first kappa shape index (κ1) is 11.5. The van der Waals surface area contributed by atoms with E-state index in [0.717, 1.165) is 10.6 Å². The van der Waals surface area contributed by atoms with Gasteiger partial charge in [0.15, 0.2) is 11.3 Å². The maximum Gasteiger partial charge on any atom is 0.401 e. The summed E-state index contributed by atoms with van der Waals surface area (Å²) in [4.78, 5) is 16.6. The van der Waals surface area contributed by atoms with E-state index in [2.05, 4.69) is 4.98 Å². The van der Waals surface area contributed by atoms with Crippen molar-refractivity contribution < 1.29 is 18.0 Å². The molecular weight excluding hydrogens is 241 g/mol. The smallest absolute Gasteiger partial charge is 0.295 e. The van der Waals surface area contributed by atoms with Gasteiger partial charge in [0.1, 0.15) is 0 Å². The van der Waals surface area contributed by atoms with Crippen LogP contribution in [0, 0.1) is 0 Å². The molecule has 1 aliphatic heterocycles. The zero-order valence-corrected chi connectivity index (χ0v) is 9.07. The minimum absolute atomic E-state index is 0.236. The van der Waals surface area contributed by atoms with Crippen LogP contribution in [0.2, 0.25) is 0 Å². The van der Waals surface area contributed by atoms with Crippen LogP contribution in [0.4, 0.5) is 13.2 Å². The summed E-state index contributed by atoms with van der Waals surface area (Å²) < 4.78 is 36.5. The zero-order chi connectivity index (χ0) is 11.8. The van der Waals surface area contributed by atoms with E-state index in [1.54, 1.807) is 0 Å². The predicted molar refractivity (Wildman–Crippen MR) is 52.5 cm³/mol. The molecule has 0 fully saturated rings. The highest BCUT2D eigenvalue weighted by atomic mass is 32.1. The number of hydrogen-bond donors (Lipinski definition) is 0. The van der Waals surface area contributed by atoms with E-state index >= 15 is 0 Å². The third-order valence-electron chi connectivity index (χ3n) is 2.33. The second-order valence-corrected chi connectivity index (χ2v) is 4.73. The van der Waals surface area contributed by atoms with Gasteiger partial charge in [-0.2, -0.15) is 13.2 Å². The number of halogens is 3. The molecule has 0 saturated carbocycles. The van der Waals surface area contributed by atoms with Crippen molar-refractivity contribution in [3.05, 3.63) is 15.6 Å². The molecule has 1 aromatic rings. The second-order valence-electron chi connectivity index (χ2n) is 3.62. The van der Waals surface area contributed by atoms with Crippen molar-refractivity contribution in [2.45, 2.75) is 19.1 Å². The molecule has 0 bridgehead atoms. The molecule has 2 heterocycles. The molecule has 1 aliphatic rings. The fourth-order valence-electron chi connectivity index (χ4n) is 1.71. The molecule has 16 heavy (non-hydrogen) atoms. The summed E-state index contributed by atoms with van der Waals surface area (Å²) in [5.74, 6) is 0. The summed E-state index contributed by atoms with van der Waals surface area (Å²) in [7, 11) is 0. The first-order valence-electron chi connectivity index (χ1n) is 4.71. The molecule has 1 aromatic heterocycles. The van der Waals surface area contributed by atoms with Gasteiger partial charge in [0.25, 0.3) is 0 Å². The molecule has 0 spiro atoms. The number of nitrogens with zero attached hydrogens (tertiary/aromatic N) is 2. The van der Waals surface area contributed by atoms with E-state index in [-0.39, 0.29) is 6.54 Å². The molecular formula is C9H9F3N2OS. The van der Waals surface area contributed by atoms with Crippen molar-refractivity contribution in [1.29, 1.82) is 0 Å². The molecule has 7 heteroatoms. The lowest BCUT2D eigenvalue weighted by molar-refractivity contribution is -0.147. The van der Waals surface area contributed by atoms with Crippen LogP contribution in [0.1, 0.15) is 20.4 Å². The van der Waals surface area contributed by atoms with Gasteiger partial charge >= 0.3 is 6.18 Å². The Morgan fingerprint density at radius 1 is 1.50 bits per heavy atom. The lowest BCUT2D eigenvalue weighted by atomic mass is 10.2. The zero-order valence-electron chi connectivity index (χ0n) is 8.25. The molecule has 0 aromatic carbocycles. The number of rotatable bonds is 2. The van der Waals surface area contributed by atoms with Gasteiger partial charge in [-0.25, -0.2) is 4.98 Å². The van der Waals surface area contributed by atoms with E-state index in [1.807, 2.05) is 0 Å². The van der Waals surface area contributed by atoms with E-state index in [9.17, 15) is 18.0 Å². The molecule has 0 radical (unpaired) electrons. The Labute approximate surface area is 93.9 Å². The summed E-state index contributed by atoms with van der Waals surface area (Å²) in [5, 5.41) is 0.346. The van der Waals surface area contributed by atoms with Crippen LogP contribution < -0.4 is 0 Å². The minimum Gasteiger partial charge on any atom is -0.295 e. The van der Waals surface area contributed by atoms with Crippen LogP contribution in [0.25, 0.3) is 0 Å². The number of aldehydes is 1. The maximum absolute atomic E-state index is 12.2. The fourth-order valence-corrected chi connectivity index (χ4v) is 2.68. The van der Waals surface area contributed by atoms with Crippen molar-refractivity contribution in [2.24, 2.45) is 0 Å². The average molecular weight is 250 g/mol. The predicted octanol–water partition coefficient (Wildman–Crippen LogP) is 1.88. The van der Waals surface area contributed by atoms with E-state index in [4.69, 9.17) is 0 Å². The summed E-state index contributed by atoms with van der Waals surface area (Å²) in [5.41, 5.74) is 0.769. The van der Waals surface area contributed by atoms with Gasteiger partial charge in [-0.3, -0.25) is 9.69 Å². The minimum atomic E-state index is -4.17. The van der Waals surface area contributed by atoms with Crippen LogP contribution in [-0.4, -0.2) is 35.4 Å². The third kappa shape index (κ3) is 2.59. The van der Waals surface area contributed by atoms with Gasteiger partial charge in [0.05, 0.1) is 12.2 Å². The van der Waals surface area contributed by atoms with E-state index < -0.39 is 12.7 Å². The van der Waals surface area contributed by atoms with Gasteiger partial charge in [-0.1, -0.05) is 0 Å². The SMILES string of the molecule is O=Cc1nc2c(s1)CN(CC(F)(F)F)CC2. The van der Waals surface area contributed by atoms with Crippen molar-refractivity contribution in [3.8, 4) is 0 Å². The number of alkyl halides is 3. The average Bonchev–Trinajstić information content (AvgIpc) is 2.57. The fraction of sp³-hybridized carbons (Fsp3) is 0.556. The van der Waals surface area contributed by atoms with Crippen LogP contribution in [-0.2, 0) is 13.0 Å². The van der Waals surface area contributed by atoms with Crippen molar-refractivity contribution in [3.63, 3.8) is 0 Å². The van der Waals surface area contributed by atoms with E-state index in [0.29, 0.717) is 24.3 Å². The Morgan fingerprint density at radius 2 is 2.25 bits per heavy atom. The Kier molecular flexibility index (Phi) is 2.98. The Balaban J connectivity index is 2.08. The normalized spacial score (nSPS) is 17.2. The standard InChI is InChI=1S/C9H9F3N2OS/c10-9(11,12)5-14-2-1-6-7(3-14)16-8(4-15)13-6/h4H,1-3,5H2. The molecule has 0 unspecified atom stereocenters. The number of fused-ring (bicyclic) bond motifs is 1. The highest BCUT2D eigenvalue weighted by Gasteiger charge is 2.32. The summed E-state index contributed by atoms with van der Waals surface area (Å²) >= 11 is 1.18.